The molecule has 0 radical (unpaired) electrons. The van der Waals surface area contributed by atoms with Crippen LogP contribution in [0, 0.1) is 13.8 Å². The fourth-order valence-electron chi connectivity index (χ4n) is 2.84. The fourth-order valence-corrected chi connectivity index (χ4v) is 4.69. The van der Waals surface area contributed by atoms with Gasteiger partial charge in [0, 0.05) is 25.8 Å². The number of nitrogens with zero attached hydrogens (tertiary/aromatic N) is 1. The fraction of sp³-hybridized carbons (Fsp3) is 0.600. The lowest BCUT2D eigenvalue weighted by molar-refractivity contribution is 0.0126. The van der Waals surface area contributed by atoms with Gasteiger partial charge in [-0.15, -0.1) is 0 Å². The molecule has 1 aliphatic heterocycles. The maximum atomic E-state index is 12.9. The van der Waals surface area contributed by atoms with Crippen molar-refractivity contribution in [2.75, 3.05) is 25.5 Å². The summed E-state index contributed by atoms with van der Waals surface area (Å²) in [6, 6.07) is 3.69. The van der Waals surface area contributed by atoms with E-state index in [2.05, 4.69) is 5.32 Å². The second-order valence-electron chi connectivity index (χ2n) is 6.09. The molecule has 21 heavy (non-hydrogen) atoms. The lowest BCUT2D eigenvalue weighted by Gasteiger charge is -2.35. The minimum absolute atomic E-state index is 0.363. The summed E-state index contributed by atoms with van der Waals surface area (Å²) in [4.78, 5) is 0.392. The molecule has 1 fully saturated rings. The largest absolute Gasteiger partial charge is 0.390 e. The van der Waals surface area contributed by atoms with E-state index < -0.39 is 15.6 Å². The van der Waals surface area contributed by atoms with Gasteiger partial charge in [0.15, 0.2) is 0 Å². The number of benzene rings is 1. The molecule has 0 saturated carbocycles. The van der Waals surface area contributed by atoms with Crippen molar-refractivity contribution >= 4 is 15.7 Å². The molecule has 1 aromatic carbocycles. The second-order valence-corrected chi connectivity index (χ2v) is 7.96. The van der Waals surface area contributed by atoms with Crippen molar-refractivity contribution in [3.05, 3.63) is 23.3 Å². The Morgan fingerprint density at radius 2 is 1.67 bits per heavy atom. The Bertz CT molecular complexity index is 605. The highest BCUT2D eigenvalue weighted by Gasteiger charge is 2.35. The van der Waals surface area contributed by atoms with E-state index in [9.17, 15) is 13.5 Å². The van der Waals surface area contributed by atoms with Crippen molar-refractivity contribution in [2.24, 2.45) is 0 Å². The quantitative estimate of drug-likeness (QED) is 0.894. The van der Waals surface area contributed by atoms with Crippen LogP contribution in [0.1, 0.15) is 30.9 Å². The molecule has 0 atom stereocenters. The Morgan fingerprint density at radius 1 is 1.19 bits per heavy atom. The first-order valence-corrected chi connectivity index (χ1v) is 8.63. The molecule has 2 N–H and O–H groups in total. The summed E-state index contributed by atoms with van der Waals surface area (Å²) in [6.07, 6.45) is 0.942. The smallest absolute Gasteiger partial charge is 0.243 e. The van der Waals surface area contributed by atoms with E-state index in [1.807, 2.05) is 33.0 Å². The van der Waals surface area contributed by atoms with Crippen molar-refractivity contribution < 1.29 is 13.5 Å². The van der Waals surface area contributed by atoms with Gasteiger partial charge in [0.25, 0.3) is 0 Å². The molecule has 6 heteroatoms. The van der Waals surface area contributed by atoms with Crippen molar-refractivity contribution in [1.82, 2.24) is 4.31 Å². The van der Waals surface area contributed by atoms with Crippen LogP contribution >= 0.6 is 0 Å². The maximum Gasteiger partial charge on any atom is 0.243 e. The minimum Gasteiger partial charge on any atom is -0.390 e. The Kier molecular flexibility index (Phi) is 4.33. The lowest BCUT2D eigenvalue weighted by Crippen LogP contribution is -2.45. The molecule has 0 unspecified atom stereocenters. The first-order chi connectivity index (χ1) is 9.67. The van der Waals surface area contributed by atoms with Gasteiger partial charge in [0.05, 0.1) is 10.5 Å². The molecule has 2 rings (SSSR count). The number of sulfonamides is 1. The highest BCUT2D eigenvalue weighted by atomic mass is 32.2. The highest BCUT2D eigenvalue weighted by molar-refractivity contribution is 7.89. The molecule has 1 aliphatic rings. The van der Waals surface area contributed by atoms with Gasteiger partial charge in [0.2, 0.25) is 10.0 Å². The standard InChI is InChI=1S/C15H24N2O3S/c1-11-9-13(16-4)10-12(2)14(11)21(19,20)17-7-5-15(3,18)6-8-17/h9-10,16,18H,5-8H2,1-4H3. The lowest BCUT2D eigenvalue weighted by atomic mass is 9.95. The number of hydrogen-bond donors (Lipinski definition) is 2. The van der Waals surface area contributed by atoms with Crippen LogP contribution in [0.25, 0.3) is 0 Å². The van der Waals surface area contributed by atoms with E-state index in [4.69, 9.17) is 0 Å². The molecule has 118 valence electrons. The number of aryl methyl sites for hydroxylation is 2. The van der Waals surface area contributed by atoms with Gasteiger partial charge in [0.1, 0.15) is 0 Å². The molecule has 1 aromatic rings. The van der Waals surface area contributed by atoms with Crippen molar-refractivity contribution in [3.63, 3.8) is 0 Å². The SMILES string of the molecule is CNc1cc(C)c(S(=O)(=O)N2CCC(C)(O)CC2)c(C)c1. The molecule has 5 nitrogen and oxygen atoms in total. The molecular weight excluding hydrogens is 288 g/mol. The highest BCUT2D eigenvalue weighted by Crippen LogP contribution is 2.30. The van der Waals surface area contributed by atoms with Crippen LogP contribution in [0.2, 0.25) is 0 Å². The number of nitrogens with one attached hydrogen (secondary N) is 1. The molecule has 1 heterocycles. The molecule has 0 bridgehead atoms. The predicted octanol–water partition coefficient (Wildman–Crippen LogP) is 1.88. The van der Waals surface area contributed by atoms with E-state index in [0.717, 1.165) is 16.8 Å². The summed E-state index contributed by atoms with van der Waals surface area (Å²) in [6.45, 7) is 6.13. The molecule has 0 aliphatic carbocycles. The number of rotatable bonds is 3. The maximum absolute atomic E-state index is 12.9. The van der Waals surface area contributed by atoms with Gasteiger partial charge >= 0.3 is 0 Å². The second kappa shape index (κ2) is 5.59. The summed E-state index contributed by atoms with van der Waals surface area (Å²) in [5.74, 6) is 0. The van der Waals surface area contributed by atoms with Crippen LogP contribution < -0.4 is 5.32 Å². The van der Waals surface area contributed by atoms with E-state index in [1.54, 1.807) is 6.92 Å². The molecule has 0 spiro atoms. The zero-order valence-corrected chi connectivity index (χ0v) is 13.9. The Labute approximate surface area is 127 Å². The zero-order valence-electron chi connectivity index (χ0n) is 13.1. The third kappa shape index (κ3) is 3.22. The molecular formula is C15H24N2O3S. The van der Waals surface area contributed by atoms with Crippen LogP contribution in [-0.2, 0) is 10.0 Å². The Hall–Kier alpha value is -1.11. The predicted molar refractivity (Wildman–Crippen MR) is 84.1 cm³/mol. The first kappa shape index (κ1) is 16.3. The van der Waals surface area contributed by atoms with Gasteiger partial charge in [-0.05, 0) is 56.9 Å². The van der Waals surface area contributed by atoms with Crippen molar-refractivity contribution in [1.29, 1.82) is 0 Å². The number of hydrogen-bond acceptors (Lipinski definition) is 4. The number of anilines is 1. The summed E-state index contributed by atoms with van der Waals surface area (Å²) in [5.41, 5.74) is 1.64. The summed E-state index contributed by atoms with van der Waals surface area (Å²) >= 11 is 0. The summed E-state index contributed by atoms with van der Waals surface area (Å²) < 4.78 is 27.2. The van der Waals surface area contributed by atoms with E-state index in [1.165, 1.54) is 4.31 Å². The van der Waals surface area contributed by atoms with Gasteiger partial charge in [-0.1, -0.05) is 0 Å². The van der Waals surface area contributed by atoms with Crippen LogP contribution in [0.15, 0.2) is 17.0 Å². The molecule has 0 aromatic heterocycles. The average Bonchev–Trinajstić information content (AvgIpc) is 2.36. The number of aliphatic hydroxyl groups is 1. The van der Waals surface area contributed by atoms with Gasteiger partial charge in [-0.3, -0.25) is 0 Å². The van der Waals surface area contributed by atoms with Gasteiger partial charge in [-0.2, -0.15) is 4.31 Å². The molecule has 0 amide bonds. The van der Waals surface area contributed by atoms with Crippen LogP contribution in [0.3, 0.4) is 0 Å². The van der Waals surface area contributed by atoms with Crippen LogP contribution in [-0.4, -0.2) is 43.6 Å². The minimum atomic E-state index is -3.50. The average molecular weight is 312 g/mol. The third-order valence-electron chi connectivity index (χ3n) is 4.15. The third-order valence-corrected chi connectivity index (χ3v) is 6.35. The van der Waals surface area contributed by atoms with Gasteiger partial charge in [-0.25, -0.2) is 8.42 Å². The Morgan fingerprint density at radius 3 is 2.10 bits per heavy atom. The van der Waals surface area contributed by atoms with E-state index >= 15 is 0 Å². The monoisotopic (exact) mass is 312 g/mol. The van der Waals surface area contributed by atoms with Gasteiger partial charge < -0.3 is 10.4 Å². The summed E-state index contributed by atoms with van der Waals surface area (Å²) in [7, 11) is -1.69. The topological polar surface area (TPSA) is 69.6 Å². The van der Waals surface area contributed by atoms with Crippen LogP contribution in [0.5, 0.6) is 0 Å². The molecule has 1 saturated heterocycles. The van der Waals surface area contributed by atoms with E-state index in [-0.39, 0.29) is 0 Å². The zero-order chi connectivity index (χ0) is 15.8. The van der Waals surface area contributed by atoms with Crippen molar-refractivity contribution in [2.45, 2.75) is 44.1 Å². The number of piperidine rings is 1. The Balaban J connectivity index is 2.37. The normalized spacial score (nSPS) is 19.5. The van der Waals surface area contributed by atoms with Crippen LogP contribution in [0.4, 0.5) is 5.69 Å². The van der Waals surface area contributed by atoms with Crippen molar-refractivity contribution in [3.8, 4) is 0 Å². The van der Waals surface area contributed by atoms with E-state index in [0.29, 0.717) is 30.8 Å². The summed E-state index contributed by atoms with van der Waals surface area (Å²) in [5, 5.41) is 13.0. The first-order valence-electron chi connectivity index (χ1n) is 7.19.